The number of likely N-dealkylation sites (N-methyl/N-ethyl adjacent to an activating group) is 1. The molecule has 4 rings (SSSR count). The fraction of sp³-hybridized carbons (Fsp3) is 0.370. The number of aliphatic hydroxyl groups is 1. The lowest BCUT2D eigenvalue weighted by Crippen LogP contribution is -2.44. The zero-order valence-electron chi connectivity index (χ0n) is 20.9. The third kappa shape index (κ3) is 5.63. The van der Waals surface area contributed by atoms with Gasteiger partial charge in [-0.05, 0) is 61.5 Å². The fourth-order valence-electron chi connectivity index (χ4n) is 4.22. The van der Waals surface area contributed by atoms with E-state index in [1.54, 1.807) is 25.1 Å². The molecule has 1 aliphatic rings. The number of hydrogen-bond acceptors (Lipinski definition) is 7. The lowest BCUT2D eigenvalue weighted by atomic mass is 10.0. The summed E-state index contributed by atoms with van der Waals surface area (Å²) in [4.78, 5) is 4.31. The molecule has 0 bridgehead atoms. The number of nitrogens with one attached hydrogen (secondary N) is 1. The Morgan fingerprint density at radius 3 is 2.50 bits per heavy atom. The first-order valence-electron chi connectivity index (χ1n) is 12.1. The van der Waals surface area contributed by atoms with Crippen LogP contribution in [0.3, 0.4) is 0 Å². The standard InChI is InChI=1S/C27H32N4O4S/c1-4-24(32)18-29-36(33,34)27(17-28)19(2)25-9-10-26(35-25)22-6-5-21-16-23(8-7-20(21)15-22)31-13-11-30(3)12-14-31/h5-10,15-16,24,29,32H,4,11-14,18H2,1-3H3/b27-19+. The van der Waals surface area contributed by atoms with E-state index < -0.39 is 21.0 Å². The molecule has 1 aromatic heterocycles. The summed E-state index contributed by atoms with van der Waals surface area (Å²) in [6, 6.07) is 17.7. The van der Waals surface area contributed by atoms with Gasteiger partial charge >= 0.3 is 0 Å². The van der Waals surface area contributed by atoms with Crippen LogP contribution in [0.25, 0.3) is 27.7 Å². The Morgan fingerprint density at radius 2 is 1.81 bits per heavy atom. The molecule has 0 radical (unpaired) electrons. The third-order valence-electron chi connectivity index (χ3n) is 6.64. The number of allylic oxidation sites excluding steroid dienone is 2. The summed E-state index contributed by atoms with van der Waals surface area (Å²) in [5.41, 5.74) is 2.29. The second-order valence-electron chi connectivity index (χ2n) is 9.18. The van der Waals surface area contributed by atoms with Gasteiger partial charge < -0.3 is 19.3 Å². The van der Waals surface area contributed by atoms with E-state index >= 15 is 0 Å². The molecule has 8 nitrogen and oxygen atoms in total. The smallest absolute Gasteiger partial charge is 0.251 e. The van der Waals surface area contributed by atoms with Crippen LogP contribution in [0.4, 0.5) is 5.69 Å². The largest absolute Gasteiger partial charge is 0.456 e. The molecule has 1 saturated heterocycles. The number of rotatable bonds is 8. The van der Waals surface area contributed by atoms with Gasteiger partial charge in [0.15, 0.2) is 4.91 Å². The van der Waals surface area contributed by atoms with Crippen molar-refractivity contribution < 1.29 is 17.9 Å². The highest BCUT2D eigenvalue weighted by Crippen LogP contribution is 2.31. The van der Waals surface area contributed by atoms with Crippen LogP contribution in [0.1, 0.15) is 26.0 Å². The lowest BCUT2D eigenvalue weighted by Gasteiger charge is -2.34. The van der Waals surface area contributed by atoms with Crippen LogP contribution in [0.2, 0.25) is 0 Å². The Hall–Kier alpha value is -3.16. The predicted molar refractivity (Wildman–Crippen MR) is 143 cm³/mol. The highest BCUT2D eigenvalue weighted by molar-refractivity contribution is 7.93. The van der Waals surface area contributed by atoms with Crippen molar-refractivity contribution in [2.24, 2.45) is 0 Å². The summed E-state index contributed by atoms with van der Waals surface area (Å²) < 4.78 is 33.5. The molecule has 2 N–H and O–H groups in total. The Kier molecular flexibility index (Phi) is 7.81. The van der Waals surface area contributed by atoms with Gasteiger partial charge in [0, 0.05) is 49.5 Å². The monoisotopic (exact) mass is 508 g/mol. The van der Waals surface area contributed by atoms with Crippen molar-refractivity contribution in [3.8, 4) is 17.4 Å². The number of benzene rings is 2. The van der Waals surface area contributed by atoms with Crippen LogP contribution >= 0.6 is 0 Å². The Labute approximate surface area is 212 Å². The number of hydrogen-bond donors (Lipinski definition) is 2. The van der Waals surface area contributed by atoms with E-state index in [1.165, 1.54) is 12.6 Å². The molecule has 36 heavy (non-hydrogen) atoms. The first-order valence-corrected chi connectivity index (χ1v) is 13.6. The number of furan rings is 1. The zero-order valence-corrected chi connectivity index (χ0v) is 21.7. The summed E-state index contributed by atoms with van der Waals surface area (Å²) >= 11 is 0. The van der Waals surface area contributed by atoms with Gasteiger partial charge in [-0.2, -0.15) is 5.26 Å². The molecule has 1 aliphatic heterocycles. The Morgan fingerprint density at radius 1 is 1.11 bits per heavy atom. The van der Waals surface area contributed by atoms with Crippen molar-refractivity contribution in [1.29, 1.82) is 5.26 Å². The van der Waals surface area contributed by atoms with Gasteiger partial charge in [0.25, 0.3) is 10.0 Å². The molecular weight excluding hydrogens is 476 g/mol. The van der Waals surface area contributed by atoms with E-state index in [4.69, 9.17) is 4.42 Å². The van der Waals surface area contributed by atoms with E-state index in [0.717, 1.165) is 42.5 Å². The Bertz CT molecular complexity index is 1410. The normalized spacial score (nSPS) is 16.6. The zero-order chi connectivity index (χ0) is 25.9. The Balaban J connectivity index is 1.57. The highest BCUT2D eigenvalue weighted by atomic mass is 32.2. The van der Waals surface area contributed by atoms with E-state index in [2.05, 4.69) is 45.8 Å². The minimum absolute atomic E-state index is 0.158. The molecular formula is C27H32N4O4S. The quantitative estimate of drug-likeness (QED) is 0.446. The fourth-order valence-corrected chi connectivity index (χ4v) is 5.40. The van der Waals surface area contributed by atoms with Crippen molar-refractivity contribution in [1.82, 2.24) is 9.62 Å². The average Bonchev–Trinajstić information content (AvgIpc) is 3.38. The molecule has 9 heteroatoms. The SMILES string of the molecule is CCC(O)CNS(=O)(=O)/C(C#N)=C(\C)c1ccc(-c2ccc3cc(N4CCN(C)CC4)ccc3c2)o1. The maximum Gasteiger partial charge on any atom is 0.251 e. The van der Waals surface area contributed by atoms with E-state index in [-0.39, 0.29) is 12.1 Å². The van der Waals surface area contributed by atoms with Gasteiger partial charge in [0.2, 0.25) is 0 Å². The second-order valence-corrected chi connectivity index (χ2v) is 10.9. The molecule has 1 unspecified atom stereocenters. The van der Waals surface area contributed by atoms with Gasteiger partial charge in [-0.15, -0.1) is 0 Å². The number of nitriles is 1. The summed E-state index contributed by atoms with van der Waals surface area (Å²) in [6.07, 6.45) is -0.418. The summed E-state index contributed by atoms with van der Waals surface area (Å²) in [5, 5.41) is 21.4. The number of sulfonamides is 1. The number of nitrogens with zero attached hydrogens (tertiary/aromatic N) is 3. The number of anilines is 1. The molecule has 1 fully saturated rings. The predicted octanol–water partition coefficient (Wildman–Crippen LogP) is 3.80. The maximum atomic E-state index is 12.6. The number of piperazine rings is 1. The van der Waals surface area contributed by atoms with Crippen LogP contribution < -0.4 is 9.62 Å². The van der Waals surface area contributed by atoms with Crippen molar-refractivity contribution in [2.45, 2.75) is 26.4 Å². The molecule has 0 spiro atoms. The van der Waals surface area contributed by atoms with E-state index in [1.807, 2.05) is 12.1 Å². The molecule has 190 valence electrons. The third-order valence-corrected chi connectivity index (χ3v) is 8.13. The van der Waals surface area contributed by atoms with Crippen molar-refractivity contribution in [3.63, 3.8) is 0 Å². The number of aliphatic hydroxyl groups excluding tert-OH is 1. The summed E-state index contributed by atoms with van der Waals surface area (Å²) in [6.45, 7) is 7.25. The molecule has 3 aromatic rings. The van der Waals surface area contributed by atoms with Gasteiger partial charge in [-0.3, -0.25) is 0 Å². The molecule has 2 heterocycles. The minimum atomic E-state index is -4.08. The van der Waals surface area contributed by atoms with Crippen LogP contribution in [0.5, 0.6) is 0 Å². The topological polar surface area (TPSA) is 110 Å². The van der Waals surface area contributed by atoms with Gasteiger partial charge in [-0.25, -0.2) is 13.1 Å². The van der Waals surface area contributed by atoms with Gasteiger partial charge in [-0.1, -0.05) is 25.1 Å². The first kappa shape index (κ1) is 25.9. The summed E-state index contributed by atoms with van der Waals surface area (Å²) in [5.74, 6) is 0.881. The van der Waals surface area contributed by atoms with Crippen LogP contribution in [0.15, 0.2) is 57.9 Å². The first-order chi connectivity index (χ1) is 17.2. The van der Waals surface area contributed by atoms with Crippen LogP contribution in [0, 0.1) is 11.3 Å². The summed E-state index contributed by atoms with van der Waals surface area (Å²) in [7, 11) is -1.94. The maximum absolute atomic E-state index is 12.6. The molecule has 0 amide bonds. The van der Waals surface area contributed by atoms with Gasteiger partial charge in [0.05, 0.1) is 6.10 Å². The lowest BCUT2D eigenvalue weighted by molar-refractivity contribution is 0.174. The van der Waals surface area contributed by atoms with Crippen molar-refractivity contribution >= 4 is 32.1 Å². The number of fused-ring (bicyclic) bond motifs is 1. The highest BCUT2D eigenvalue weighted by Gasteiger charge is 2.23. The van der Waals surface area contributed by atoms with Crippen LogP contribution in [-0.4, -0.2) is 64.3 Å². The molecule has 0 saturated carbocycles. The van der Waals surface area contributed by atoms with Gasteiger partial charge in [0.1, 0.15) is 17.6 Å². The molecule has 1 atom stereocenters. The molecule has 2 aromatic carbocycles. The average molecular weight is 509 g/mol. The molecule has 0 aliphatic carbocycles. The van der Waals surface area contributed by atoms with Crippen molar-refractivity contribution in [2.75, 3.05) is 44.7 Å². The minimum Gasteiger partial charge on any atom is -0.456 e. The second kappa shape index (κ2) is 10.8. The van der Waals surface area contributed by atoms with Crippen LogP contribution in [-0.2, 0) is 10.0 Å². The van der Waals surface area contributed by atoms with Crippen molar-refractivity contribution in [3.05, 3.63) is 59.2 Å². The van der Waals surface area contributed by atoms with E-state index in [0.29, 0.717) is 17.9 Å². The van der Waals surface area contributed by atoms with E-state index in [9.17, 15) is 18.8 Å².